The van der Waals surface area contributed by atoms with E-state index in [2.05, 4.69) is 5.32 Å². The van der Waals surface area contributed by atoms with Crippen molar-refractivity contribution in [3.05, 3.63) is 23.8 Å². The lowest BCUT2D eigenvalue weighted by Crippen LogP contribution is -2.36. The molecule has 6 nitrogen and oxygen atoms in total. The number of halogens is 2. The summed E-state index contributed by atoms with van der Waals surface area (Å²) in [4.78, 5) is 10.6. The van der Waals surface area contributed by atoms with E-state index in [0.717, 1.165) is 0 Å². The van der Waals surface area contributed by atoms with Crippen molar-refractivity contribution < 1.29 is 26.7 Å². The minimum Gasteiger partial charge on any atom is -0.476 e. The van der Waals surface area contributed by atoms with Crippen LogP contribution in [0.1, 0.15) is 13.8 Å². The topological polar surface area (TPSA) is 98.5 Å². The van der Waals surface area contributed by atoms with Crippen LogP contribution in [0.3, 0.4) is 0 Å². The normalized spacial score (nSPS) is 12.8. The largest absolute Gasteiger partial charge is 0.476 e. The summed E-state index contributed by atoms with van der Waals surface area (Å²) >= 11 is 0. The lowest BCUT2D eigenvalue weighted by molar-refractivity contribution is -0.127. The molecule has 0 saturated heterocycles. The first-order valence-corrected chi connectivity index (χ1v) is 7.17. The Morgan fingerprint density at radius 2 is 2.05 bits per heavy atom. The zero-order valence-electron chi connectivity index (χ0n) is 10.8. The number of carbonyl (C=O) groups excluding carboxylic acids is 1. The Bertz CT molecular complexity index is 619. The second kappa shape index (κ2) is 6.14. The van der Waals surface area contributed by atoms with Crippen LogP contribution in [-0.2, 0) is 14.8 Å². The standard InChI is InChI=1S/C11H14F2N2O4S/c1-3-15-11(16)6(2)19-10-8(13)4-7(12)5-9(10)20(14,17)18/h4-6H,3H2,1-2H3,(H,15,16)(H2,14,17,18). The van der Waals surface area contributed by atoms with Crippen LogP contribution in [0.25, 0.3) is 0 Å². The molecule has 1 rings (SSSR count). The van der Waals surface area contributed by atoms with E-state index < -0.39 is 44.3 Å². The van der Waals surface area contributed by atoms with Crippen LogP contribution in [-0.4, -0.2) is 27.0 Å². The predicted octanol–water partition coefficient (Wildman–Crippen LogP) is 0.516. The predicted molar refractivity (Wildman–Crippen MR) is 66.5 cm³/mol. The van der Waals surface area contributed by atoms with Crippen molar-refractivity contribution in [3.63, 3.8) is 0 Å². The van der Waals surface area contributed by atoms with Gasteiger partial charge in [-0.1, -0.05) is 0 Å². The van der Waals surface area contributed by atoms with Gasteiger partial charge in [0, 0.05) is 12.6 Å². The average Bonchev–Trinajstić information content (AvgIpc) is 2.31. The molecule has 0 heterocycles. The van der Waals surface area contributed by atoms with Gasteiger partial charge in [0.15, 0.2) is 17.7 Å². The number of hydrogen-bond acceptors (Lipinski definition) is 4. The van der Waals surface area contributed by atoms with E-state index in [1.165, 1.54) is 6.92 Å². The lowest BCUT2D eigenvalue weighted by Gasteiger charge is -2.16. The molecule has 112 valence electrons. The number of rotatable bonds is 5. The van der Waals surface area contributed by atoms with Crippen molar-refractivity contribution in [2.75, 3.05) is 6.54 Å². The maximum absolute atomic E-state index is 13.6. The molecule has 0 spiro atoms. The molecule has 0 fully saturated rings. The lowest BCUT2D eigenvalue weighted by atomic mass is 10.3. The summed E-state index contributed by atoms with van der Waals surface area (Å²) in [5.41, 5.74) is 0. The number of ether oxygens (including phenoxy) is 1. The molecule has 1 unspecified atom stereocenters. The highest BCUT2D eigenvalue weighted by molar-refractivity contribution is 7.89. The monoisotopic (exact) mass is 308 g/mol. The fraction of sp³-hybridized carbons (Fsp3) is 0.364. The molecular formula is C11H14F2N2O4S. The Labute approximate surface area is 115 Å². The minimum absolute atomic E-state index is 0.320. The van der Waals surface area contributed by atoms with Gasteiger partial charge in [0.05, 0.1) is 0 Å². The Balaban J connectivity index is 3.21. The molecule has 1 aromatic rings. The van der Waals surface area contributed by atoms with Gasteiger partial charge in [0.25, 0.3) is 5.91 Å². The number of nitrogens with two attached hydrogens (primary N) is 1. The summed E-state index contributed by atoms with van der Waals surface area (Å²) in [5, 5.41) is 7.28. The second-order valence-electron chi connectivity index (χ2n) is 3.91. The third kappa shape index (κ3) is 3.87. The van der Waals surface area contributed by atoms with Gasteiger partial charge < -0.3 is 10.1 Å². The quantitative estimate of drug-likeness (QED) is 0.828. The van der Waals surface area contributed by atoms with Crippen LogP contribution < -0.4 is 15.2 Å². The third-order valence-corrected chi connectivity index (χ3v) is 3.21. The molecule has 0 aromatic heterocycles. The number of sulfonamides is 1. The van der Waals surface area contributed by atoms with E-state index in [1.54, 1.807) is 6.92 Å². The van der Waals surface area contributed by atoms with Crippen molar-refractivity contribution in [1.82, 2.24) is 5.32 Å². The molecular weight excluding hydrogens is 294 g/mol. The molecule has 1 amide bonds. The van der Waals surface area contributed by atoms with Gasteiger partial charge >= 0.3 is 0 Å². The molecule has 3 N–H and O–H groups in total. The van der Waals surface area contributed by atoms with Gasteiger partial charge in [-0.2, -0.15) is 0 Å². The zero-order valence-corrected chi connectivity index (χ0v) is 11.6. The molecule has 20 heavy (non-hydrogen) atoms. The number of hydrogen-bond donors (Lipinski definition) is 2. The summed E-state index contributed by atoms with van der Waals surface area (Å²) in [6.45, 7) is 3.28. The van der Waals surface area contributed by atoms with Crippen LogP contribution in [0.4, 0.5) is 8.78 Å². The van der Waals surface area contributed by atoms with Crippen LogP contribution >= 0.6 is 0 Å². The van der Waals surface area contributed by atoms with Crippen molar-refractivity contribution >= 4 is 15.9 Å². The highest BCUT2D eigenvalue weighted by atomic mass is 32.2. The molecule has 0 radical (unpaired) electrons. The fourth-order valence-corrected chi connectivity index (χ4v) is 2.09. The Hall–Kier alpha value is -1.74. The Morgan fingerprint density at radius 3 is 2.55 bits per heavy atom. The summed E-state index contributed by atoms with van der Waals surface area (Å²) in [5.74, 6) is -3.74. The molecule has 0 aliphatic heterocycles. The molecule has 0 aliphatic carbocycles. The summed E-state index contributed by atoms with van der Waals surface area (Å²) in [7, 11) is -4.40. The van der Waals surface area contributed by atoms with Crippen LogP contribution in [0.15, 0.2) is 17.0 Å². The minimum atomic E-state index is -4.40. The van der Waals surface area contributed by atoms with E-state index in [4.69, 9.17) is 9.88 Å². The summed E-state index contributed by atoms with van der Waals surface area (Å²) < 4.78 is 54.3. The highest BCUT2D eigenvalue weighted by Gasteiger charge is 2.24. The number of carbonyl (C=O) groups is 1. The molecule has 0 saturated carbocycles. The van der Waals surface area contributed by atoms with E-state index in [1.807, 2.05) is 0 Å². The Morgan fingerprint density at radius 1 is 1.45 bits per heavy atom. The summed E-state index contributed by atoms with van der Waals surface area (Å²) in [6.07, 6.45) is -1.17. The number of primary sulfonamides is 1. The van der Waals surface area contributed by atoms with Crippen LogP contribution in [0.2, 0.25) is 0 Å². The molecule has 0 aliphatic rings. The maximum atomic E-state index is 13.6. The summed E-state index contributed by atoms with van der Waals surface area (Å²) in [6, 6.07) is 0.965. The van der Waals surface area contributed by atoms with E-state index in [9.17, 15) is 22.0 Å². The third-order valence-electron chi connectivity index (χ3n) is 2.30. The first-order chi connectivity index (χ1) is 9.16. The number of likely N-dealkylation sites (N-methyl/N-ethyl adjacent to an activating group) is 1. The number of benzene rings is 1. The van der Waals surface area contributed by atoms with Gasteiger partial charge in [-0.05, 0) is 19.9 Å². The van der Waals surface area contributed by atoms with E-state index in [-0.39, 0.29) is 0 Å². The van der Waals surface area contributed by atoms with E-state index in [0.29, 0.717) is 18.7 Å². The Kier molecular flexibility index (Phi) is 5.01. The SMILES string of the molecule is CCNC(=O)C(C)Oc1c(F)cc(F)cc1S(N)(=O)=O. The molecule has 9 heteroatoms. The van der Waals surface area contributed by atoms with Gasteiger partial charge in [0.1, 0.15) is 10.7 Å². The van der Waals surface area contributed by atoms with Gasteiger partial charge in [0.2, 0.25) is 10.0 Å². The van der Waals surface area contributed by atoms with E-state index >= 15 is 0 Å². The van der Waals surface area contributed by atoms with Gasteiger partial charge in [-0.3, -0.25) is 4.79 Å². The first kappa shape index (κ1) is 16.3. The molecule has 1 atom stereocenters. The van der Waals surface area contributed by atoms with Gasteiger partial charge in [-0.15, -0.1) is 0 Å². The van der Waals surface area contributed by atoms with Gasteiger partial charge in [-0.25, -0.2) is 22.3 Å². The number of amides is 1. The molecule has 0 bridgehead atoms. The van der Waals surface area contributed by atoms with Crippen molar-refractivity contribution in [3.8, 4) is 5.75 Å². The smallest absolute Gasteiger partial charge is 0.260 e. The van der Waals surface area contributed by atoms with Crippen molar-refractivity contribution in [1.29, 1.82) is 0 Å². The average molecular weight is 308 g/mol. The highest BCUT2D eigenvalue weighted by Crippen LogP contribution is 2.28. The first-order valence-electron chi connectivity index (χ1n) is 5.63. The maximum Gasteiger partial charge on any atom is 0.260 e. The van der Waals surface area contributed by atoms with Crippen LogP contribution in [0.5, 0.6) is 5.75 Å². The van der Waals surface area contributed by atoms with Crippen molar-refractivity contribution in [2.24, 2.45) is 5.14 Å². The van der Waals surface area contributed by atoms with Crippen LogP contribution in [0, 0.1) is 11.6 Å². The van der Waals surface area contributed by atoms with Crippen molar-refractivity contribution in [2.45, 2.75) is 24.8 Å². The zero-order chi connectivity index (χ0) is 15.5. The number of nitrogens with one attached hydrogen (secondary N) is 1. The second-order valence-corrected chi connectivity index (χ2v) is 5.44. The fourth-order valence-electron chi connectivity index (χ4n) is 1.41. The molecule has 1 aromatic carbocycles.